The third-order valence-corrected chi connectivity index (χ3v) is 6.82. The van der Waals surface area contributed by atoms with Gasteiger partial charge < -0.3 is 20.7 Å². The van der Waals surface area contributed by atoms with Crippen LogP contribution >= 0.6 is 0 Å². The molecule has 0 saturated heterocycles. The number of nitrogens with zero attached hydrogens (tertiary/aromatic N) is 2. The highest BCUT2D eigenvalue weighted by Crippen LogP contribution is 2.44. The third kappa shape index (κ3) is 3.66. The second-order valence-electron chi connectivity index (χ2n) is 9.34. The lowest BCUT2D eigenvalue weighted by atomic mass is 9.97. The number of fused-ring (bicyclic) bond motifs is 1. The van der Waals surface area contributed by atoms with Gasteiger partial charge in [-0.25, -0.2) is 4.79 Å². The Morgan fingerprint density at radius 2 is 1.79 bits per heavy atom. The van der Waals surface area contributed by atoms with E-state index in [9.17, 15) is 4.79 Å². The zero-order valence-electron chi connectivity index (χ0n) is 19.0. The summed E-state index contributed by atoms with van der Waals surface area (Å²) in [6, 6.07) is 24.1. The molecule has 1 unspecified atom stereocenters. The van der Waals surface area contributed by atoms with E-state index >= 15 is 0 Å². The lowest BCUT2D eigenvalue weighted by Crippen LogP contribution is -2.18. The average molecular weight is 451 g/mol. The van der Waals surface area contributed by atoms with E-state index in [0.29, 0.717) is 11.3 Å². The van der Waals surface area contributed by atoms with E-state index in [1.807, 2.05) is 61.9 Å². The lowest BCUT2D eigenvalue weighted by molar-refractivity contribution is -0.126. The Hall–Kier alpha value is -3.90. The number of esters is 1. The van der Waals surface area contributed by atoms with Crippen LogP contribution in [0.4, 0.5) is 5.69 Å². The molecule has 0 aromatic heterocycles. The van der Waals surface area contributed by atoms with Crippen molar-refractivity contribution in [2.24, 2.45) is 10.7 Å². The van der Waals surface area contributed by atoms with Crippen molar-refractivity contribution in [2.75, 3.05) is 18.9 Å². The van der Waals surface area contributed by atoms with Gasteiger partial charge in [0.25, 0.3) is 0 Å². The van der Waals surface area contributed by atoms with E-state index in [4.69, 9.17) is 10.5 Å². The third-order valence-electron chi connectivity index (χ3n) is 6.82. The van der Waals surface area contributed by atoms with Crippen LogP contribution in [-0.2, 0) is 10.3 Å². The largest absolute Gasteiger partial charge is 0.422 e. The van der Waals surface area contributed by atoms with Gasteiger partial charge in [0.2, 0.25) is 0 Å². The van der Waals surface area contributed by atoms with E-state index in [1.165, 1.54) is 0 Å². The Morgan fingerprint density at radius 3 is 2.47 bits per heavy atom. The monoisotopic (exact) mass is 450 g/mol. The molecule has 6 rings (SSSR count). The van der Waals surface area contributed by atoms with Crippen LogP contribution in [0.1, 0.15) is 41.1 Å². The van der Waals surface area contributed by atoms with Gasteiger partial charge in [-0.05, 0) is 47.7 Å². The van der Waals surface area contributed by atoms with Crippen LogP contribution in [-0.4, -0.2) is 30.8 Å². The maximum absolute atomic E-state index is 13.0. The van der Waals surface area contributed by atoms with E-state index in [-0.39, 0.29) is 17.6 Å². The van der Waals surface area contributed by atoms with E-state index in [1.54, 1.807) is 0 Å². The van der Waals surface area contributed by atoms with Crippen LogP contribution in [0.2, 0.25) is 0 Å². The molecule has 0 bridgehead atoms. The Morgan fingerprint density at radius 1 is 1.06 bits per heavy atom. The summed E-state index contributed by atoms with van der Waals surface area (Å²) < 4.78 is 5.57. The molecule has 0 radical (unpaired) electrons. The first kappa shape index (κ1) is 20.7. The molecule has 1 fully saturated rings. The molecule has 1 atom stereocenters. The van der Waals surface area contributed by atoms with Crippen molar-refractivity contribution >= 4 is 29.3 Å². The number of benzene rings is 3. The molecule has 170 valence electrons. The lowest BCUT2D eigenvalue weighted by Gasteiger charge is -2.17. The molecule has 6 heteroatoms. The van der Waals surface area contributed by atoms with Crippen LogP contribution < -0.4 is 15.8 Å². The number of nitrogens with one attached hydrogen (secondary N) is 1. The molecule has 3 aromatic carbocycles. The predicted octanol–water partition coefficient (Wildman–Crippen LogP) is 4.55. The molecule has 2 heterocycles. The van der Waals surface area contributed by atoms with E-state index < -0.39 is 0 Å². The number of carbonyl (C=O) groups is 1. The fraction of sp³-hybridized carbons (Fsp3) is 0.214. The molecular weight excluding hydrogens is 424 g/mol. The van der Waals surface area contributed by atoms with Crippen LogP contribution in [0, 0.1) is 0 Å². The zero-order valence-corrected chi connectivity index (χ0v) is 19.0. The summed E-state index contributed by atoms with van der Waals surface area (Å²) in [6.45, 7) is 0.875. The Labute approximate surface area is 198 Å². The number of anilines is 1. The molecule has 1 aliphatic carbocycles. The van der Waals surface area contributed by atoms with E-state index in [2.05, 4.69) is 39.5 Å². The average Bonchev–Trinajstić information content (AvgIpc) is 3.31. The van der Waals surface area contributed by atoms with Crippen LogP contribution in [0.5, 0.6) is 5.75 Å². The molecule has 3 aliphatic rings. The summed E-state index contributed by atoms with van der Waals surface area (Å²) in [5.41, 5.74) is 12.3. The number of rotatable bonds is 5. The Kier molecular flexibility index (Phi) is 4.78. The van der Waals surface area contributed by atoms with E-state index in [0.717, 1.165) is 53.0 Å². The van der Waals surface area contributed by atoms with Crippen LogP contribution in [0.3, 0.4) is 0 Å². The summed E-state index contributed by atoms with van der Waals surface area (Å²) >= 11 is 0. The number of hydrogen-bond donors (Lipinski definition) is 2. The first-order valence-electron chi connectivity index (χ1n) is 11.6. The fourth-order valence-electron chi connectivity index (χ4n) is 4.62. The molecule has 0 spiro atoms. The molecule has 34 heavy (non-hydrogen) atoms. The second kappa shape index (κ2) is 7.85. The SMILES string of the molecule is CN1C=NC(c2ccc(N/C(=C3\C(=O)Oc4ccccc43)c3ccc(C4(N)CC4)cc3)cc2)C1. The maximum atomic E-state index is 13.0. The molecular formula is C28H26N4O2. The minimum atomic E-state index is -0.356. The van der Waals surface area contributed by atoms with Crippen molar-refractivity contribution in [3.63, 3.8) is 0 Å². The zero-order chi connectivity index (χ0) is 23.3. The minimum Gasteiger partial charge on any atom is -0.422 e. The summed E-state index contributed by atoms with van der Waals surface area (Å²) in [6.07, 6.45) is 3.89. The minimum absolute atomic E-state index is 0.145. The molecule has 2 aliphatic heterocycles. The number of hydrogen-bond acceptors (Lipinski definition) is 6. The van der Waals surface area contributed by atoms with Gasteiger partial charge in [-0.15, -0.1) is 0 Å². The van der Waals surface area contributed by atoms with Gasteiger partial charge in [0, 0.05) is 30.4 Å². The van der Waals surface area contributed by atoms with Gasteiger partial charge in [0.15, 0.2) is 0 Å². The Balaban J connectivity index is 1.38. The topological polar surface area (TPSA) is 80.0 Å². The standard InChI is InChI=1S/C28H26N4O2/c1-32-16-23(30-17-32)18-8-12-21(13-9-18)31-26(19-6-10-20(11-7-19)28(29)14-15-28)25-22-4-2-3-5-24(22)34-27(25)33/h2-13,17,23,31H,14-16,29H2,1H3/b26-25-. The number of nitrogens with two attached hydrogens (primary N) is 1. The number of aliphatic imine (C=N–C) groups is 1. The van der Waals surface area contributed by atoms with Gasteiger partial charge in [0.1, 0.15) is 5.75 Å². The first-order valence-corrected chi connectivity index (χ1v) is 11.6. The van der Waals surface area contributed by atoms with Crippen LogP contribution in [0.15, 0.2) is 77.8 Å². The molecule has 3 aromatic rings. The molecule has 0 amide bonds. The van der Waals surface area contributed by atoms with Crippen molar-refractivity contribution in [1.82, 2.24) is 4.90 Å². The molecule has 3 N–H and O–H groups in total. The predicted molar refractivity (Wildman–Crippen MR) is 134 cm³/mol. The van der Waals surface area contributed by atoms with Gasteiger partial charge in [-0.3, -0.25) is 4.99 Å². The normalized spacial score (nSPS) is 21.3. The van der Waals surface area contributed by atoms with Gasteiger partial charge >= 0.3 is 5.97 Å². The maximum Gasteiger partial charge on any atom is 0.346 e. The summed E-state index contributed by atoms with van der Waals surface area (Å²) in [7, 11) is 2.03. The number of likely N-dealkylation sites (N-methyl/N-ethyl adjacent to an activating group) is 1. The number of ether oxygens (including phenoxy) is 1. The highest BCUT2D eigenvalue weighted by molar-refractivity contribution is 6.29. The van der Waals surface area contributed by atoms with Crippen molar-refractivity contribution in [2.45, 2.75) is 24.4 Å². The molecule has 1 saturated carbocycles. The number of carbonyl (C=O) groups excluding carboxylic acids is 1. The molecule has 6 nitrogen and oxygen atoms in total. The van der Waals surface area contributed by atoms with Gasteiger partial charge in [0.05, 0.1) is 23.7 Å². The highest BCUT2D eigenvalue weighted by Gasteiger charge is 2.40. The second-order valence-corrected chi connectivity index (χ2v) is 9.34. The quantitative estimate of drug-likeness (QED) is 0.339. The van der Waals surface area contributed by atoms with Gasteiger partial charge in [-0.1, -0.05) is 54.6 Å². The van der Waals surface area contributed by atoms with Crippen molar-refractivity contribution in [3.05, 3.63) is 95.1 Å². The van der Waals surface area contributed by atoms with Crippen molar-refractivity contribution in [1.29, 1.82) is 0 Å². The van der Waals surface area contributed by atoms with Crippen molar-refractivity contribution < 1.29 is 9.53 Å². The summed E-state index contributed by atoms with van der Waals surface area (Å²) in [5.74, 6) is 0.223. The highest BCUT2D eigenvalue weighted by atomic mass is 16.5. The van der Waals surface area contributed by atoms with Crippen molar-refractivity contribution in [3.8, 4) is 5.75 Å². The Bertz CT molecular complexity index is 1320. The summed E-state index contributed by atoms with van der Waals surface area (Å²) in [5, 5.41) is 3.51. The van der Waals surface area contributed by atoms with Crippen LogP contribution in [0.25, 0.3) is 11.3 Å². The fourth-order valence-corrected chi connectivity index (χ4v) is 4.62. The smallest absolute Gasteiger partial charge is 0.346 e. The summed E-state index contributed by atoms with van der Waals surface area (Å²) in [4.78, 5) is 19.6. The number of para-hydroxylation sites is 1. The first-order chi connectivity index (χ1) is 16.5. The van der Waals surface area contributed by atoms with Gasteiger partial charge in [-0.2, -0.15) is 0 Å².